The number of hydrogen-bond acceptors (Lipinski definition) is 3. The molecule has 0 spiro atoms. The van der Waals surface area contributed by atoms with Gasteiger partial charge in [0.1, 0.15) is 5.56 Å². The first-order chi connectivity index (χ1) is 8.16. The van der Waals surface area contributed by atoms with Crippen molar-refractivity contribution in [2.24, 2.45) is 0 Å². The minimum Gasteiger partial charge on any atom is -0.477 e. The van der Waals surface area contributed by atoms with Crippen LogP contribution in [0.4, 0.5) is 0 Å². The van der Waals surface area contributed by atoms with Crippen LogP contribution in [0.15, 0.2) is 47.8 Å². The summed E-state index contributed by atoms with van der Waals surface area (Å²) in [5, 5.41) is 8.83. The van der Waals surface area contributed by atoms with Gasteiger partial charge in [-0.25, -0.2) is 4.79 Å². The summed E-state index contributed by atoms with van der Waals surface area (Å²) < 4.78 is 1.64. The molecular weight excluding hydrogens is 220 g/mol. The van der Waals surface area contributed by atoms with Crippen molar-refractivity contribution < 1.29 is 9.90 Å². The number of hydrogen-bond donors (Lipinski definition) is 1. The normalized spacial score (nSPS) is 10.1. The molecule has 0 bridgehead atoms. The Morgan fingerprint density at radius 1 is 1.41 bits per heavy atom. The van der Waals surface area contributed by atoms with E-state index in [1.165, 1.54) is 12.3 Å². The van der Waals surface area contributed by atoms with E-state index in [0.29, 0.717) is 6.54 Å². The molecule has 5 heteroatoms. The molecule has 0 saturated heterocycles. The molecule has 2 aromatic heterocycles. The molecule has 0 aliphatic rings. The van der Waals surface area contributed by atoms with Crippen LogP contribution in [0, 0.1) is 0 Å². The summed E-state index contributed by atoms with van der Waals surface area (Å²) in [5.41, 5.74) is 0.226. The summed E-state index contributed by atoms with van der Waals surface area (Å²) in [6.07, 6.45) is 6.25. The largest absolute Gasteiger partial charge is 0.477 e. The fourth-order valence-electron chi connectivity index (χ4n) is 1.49. The van der Waals surface area contributed by atoms with Crippen LogP contribution in [0.1, 0.15) is 15.9 Å². The quantitative estimate of drug-likeness (QED) is 0.853. The number of aromatic carboxylic acids is 1. The highest BCUT2D eigenvalue weighted by atomic mass is 16.4. The van der Waals surface area contributed by atoms with Crippen molar-refractivity contribution in [3.63, 3.8) is 0 Å². The Labute approximate surface area is 97.0 Å². The lowest BCUT2D eigenvalue weighted by Crippen LogP contribution is -2.16. The molecule has 1 N–H and O–H groups in total. The molecule has 5 nitrogen and oxygen atoms in total. The van der Waals surface area contributed by atoms with Crippen molar-refractivity contribution in [1.29, 1.82) is 0 Å². The van der Waals surface area contributed by atoms with Crippen LogP contribution in [0.25, 0.3) is 0 Å². The standard InChI is InChI=1S/C12H10N2O3/c15-11-3-5-14(8-10(11)12(16)17)7-9-2-1-4-13-6-9/h1-6,8H,7H2,(H,16,17). The van der Waals surface area contributed by atoms with Crippen LogP contribution in [0.2, 0.25) is 0 Å². The second-order valence-corrected chi connectivity index (χ2v) is 3.56. The maximum atomic E-state index is 11.3. The van der Waals surface area contributed by atoms with Gasteiger partial charge in [-0.05, 0) is 11.6 Å². The van der Waals surface area contributed by atoms with Gasteiger partial charge >= 0.3 is 5.97 Å². The Kier molecular flexibility index (Phi) is 3.00. The van der Waals surface area contributed by atoms with E-state index in [1.54, 1.807) is 29.2 Å². The summed E-state index contributed by atoms with van der Waals surface area (Å²) in [5.74, 6) is -1.21. The van der Waals surface area contributed by atoms with Gasteiger partial charge in [0, 0.05) is 37.4 Å². The Bertz CT molecular complexity index is 590. The number of pyridine rings is 2. The second-order valence-electron chi connectivity index (χ2n) is 3.56. The minimum atomic E-state index is -1.21. The SMILES string of the molecule is O=C(O)c1cn(Cc2cccnc2)ccc1=O. The third-order valence-corrected chi connectivity index (χ3v) is 2.30. The third-order valence-electron chi connectivity index (χ3n) is 2.30. The zero-order valence-electron chi connectivity index (χ0n) is 8.91. The zero-order chi connectivity index (χ0) is 12.3. The zero-order valence-corrected chi connectivity index (χ0v) is 8.91. The summed E-state index contributed by atoms with van der Waals surface area (Å²) in [6, 6.07) is 4.93. The molecule has 17 heavy (non-hydrogen) atoms. The summed E-state index contributed by atoms with van der Waals surface area (Å²) >= 11 is 0. The molecule has 0 atom stereocenters. The van der Waals surface area contributed by atoms with Gasteiger partial charge in [0.15, 0.2) is 5.43 Å². The molecular formula is C12H10N2O3. The highest BCUT2D eigenvalue weighted by molar-refractivity contribution is 5.86. The lowest BCUT2D eigenvalue weighted by atomic mass is 10.2. The highest BCUT2D eigenvalue weighted by Gasteiger charge is 2.08. The van der Waals surface area contributed by atoms with Crippen LogP contribution in [0.5, 0.6) is 0 Å². The molecule has 0 aliphatic carbocycles. The maximum Gasteiger partial charge on any atom is 0.341 e. The molecule has 0 aliphatic heterocycles. The predicted molar refractivity (Wildman–Crippen MR) is 61.0 cm³/mol. The number of carboxylic acids is 1. The number of aromatic nitrogens is 2. The van der Waals surface area contributed by atoms with Gasteiger partial charge in [0.25, 0.3) is 0 Å². The smallest absolute Gasteiger partial charge is 0.341 e. The minimum absolute atomic E-state index is 0.226. The summed E-state index contributed by atoms with van der Waals surface area (Å²) in [4.78, 5) is 26.0. The highest BCUT2D eigenvalue weighted by Crippen LogP contribution is 2.01. The Balaban J connectivity index is 2.32. The third kappa shape index (κ3) is 2.57. The number of nitrogens with zero attached hydrogens (tertiary/aromatic N) is 2. The second kappa shape index (κ2) is 4.61. The fourth-order valence-corrected chi connectivity index (χ4v) is 1.49. The van der Waals surface area contributed by atoms with Crippen molar-refractivity contribution in [1.82, 2.24) is 9.55 Å². The number of rotatable bonds is 3. The predicted octanol–water partition coefficient (Wildman–Crippen LogP) is 0.990. The van der Waals surface area contributed by atoms with E-state index in [1.807, 2.05) is 6.07 Å². The van der Waals surface area contributed by atoms with E-state index in [2.05, 4.69) is 4.98 Å². The van der Waals surface area contributed by atoms with E-state index < -0.39 is 11.4 Å². The molecule has 0 saturated carbocycles. The molecule has 0 unspecified atom stereocenters. The molecule has 2 heterocycles. The van der Waals surface area contributed by atoms with Crippen molar-refractivity contribution in [3.8, 4) is 0 Å². The fraction of sp³-hybridized carbons (Fsp3) is 0.0833. The lowest BCUT2D eigenvalue weighted by molar-refractivity contribution is 0.0694. The van der Waals surface area contributed by atoms with Gasteiger partial charge in [-0.2, -0.15) is 0 Å². The van der Waals surface area contributed by atoms with Gasteiger partial charge in [-0.1, -0.05) is 6.07 Å². The molecule has 2 aromatic rings. The molecule has 0 aromatic carbocycles. The monoisotopic (exact) mass is 230 g/mol. The van der Waals surface area contributed by atoms with Crippen LogP contribution in [0.3, 0.4) is 0 Å². The van der Waals surface area contributed by atoms with Gasteiger partial charge in [0.2, 0.25) is 0 Å². The Morgan fingerprint density at radius 2 is 2.24 bits per heavy atom. The van der Waals surface area contributed by atoms with Gasteiger partial charge in [0.05, 0.1) is 0 Å². The van der Waals surface area contributed by atoms with Crippen molar-refractivity contribution in [2.45, 2.75) is 6.54 Å². The molecule has 86 valence electrons. The average molecular weight is 230 g/mol. The molecule has 0 fully saturated rings. The first kappa shape index (κ1) is 11.1. The van der Waals surface area contributed by atoms with E-state index >= 15 is 0 Å². The van der Waals surface area contributed by atoms with Crippen molar-refractivity contribution in [3.05, 3.63) is 64.3 Å². The van der Waals surface area contributed by atoms with Crippen LogP contribution in [-0.2, 0) is 6.54 Å². The first-order valence-electron chi connectivity index (χ1n) is 4.99. The maximum absolute atomic E-state index is 11.3. The summed E-state index contributed by atoms with van der Waals surface area (Å²) in [7, 11) is 0. The molecule has 0 amide bonds. The van der Waals surface area contributed by atoms with E-state index in [0.717, 1.165) is 5.56 Å². The van der Waals surface area contributed by atoms with Gasteiger partial charge < -0.3 is 9.67 Å². The molecule has 0 radical (unpaired) electrons. The van der Waals surface area contributed by atoms with Crippen LogP contribution >= 0.6 is 0 Å². The van der Waals surface area contributed by atoms with Gasteiger partial charge in [-0.15, -0.1) is 0 Å². The Morgan fingerprint density at radius 3 is 2.88 bits per heavy atom. The average Bonchev–Trinajstić information content (AvgIpc) is 2.32. The van der Waals surface area contributed by atoms with E-state index in [9.17, 15) is 9.59 Å². The lowest BCUT2D eigenvalue weighted by Gasteiger charge is -2.06. The van der Waals surface area contributed by atoms with Crippen LogP contribution in [-0.4, -0.2) is 20.6 Å². The summed E-state index contributed by atoms with van der Waals surface area (Å²) in [6.45, 7) is 0.481. The molecule has 2 rings (SSSR count). The van der Waals surface area contributed by atoms with Crippen LogP contribution < -0.4 is 5.43 Å². The van der Waals surface area contributed by atoms with E-state index in [4.69, 9.17) is 5.11 Å². The van der Waals surface area contributed by atoms with E-state index in [-0.39, 0.29) is 5.56 Å². The van der Waals surface area contributed by atoms with Crippen molar-refractivity contribution >= 4 is 5.97 Å². The van der Waals surface area contributed by atoms with Crippen molar-refractivity contribution in [2.75, 3.05) is 0 Å². The topological polar surface area (TPSA) is 72.2 Å². The van der Waals surface area contributed by atoms with Gasteiger partial charge in [-0.3, -0.25) is 9.78 Å². The number of carboxylic acid groups (broad SMARTS) is 1. The number of carbonyl (C=O) groups is 1. The first-order valence-corrected chi connectivity index (χ1v) is 4.99. The Hall–Kier alpha value is -2.43.